The molecule has 0 radical (unpaired) electrons. The molecule has 0 spiro atoms. The molecule has 0 saturated carbocycles. The van der Waals surface area contributed by atoms with Crippen LogP contribution in [0.1, 0.15) is 47.0 Å². The van der Waals surface area contributed by atoms with Gasteiger partial charge < -0.3 is 5.32 Å². The maximum absolute atomic E-state index is 5.68. The Morgan fingerprint density at radius 1 is 1.47 bits per heavy atom. The van der Waals surface area contributed by atoms with E-state index in [1.807, 2.05) is 0 Å². The van der Waals surface area contributed by atoms with Gasteiger partial charge >= 0.3 is 0 Å². The summed E-state index contributed by atoms with van der Waals surface area (Å²) in [5.74, 6) is 2.97. The second kappa shape index (κ2) is 6.42. The zero-order valence-electron chi connectivity index (χ0n) is 11.9. The van der Waals surface area contributed by atoms with Crippen LogP contribution in [0, 0.1) is 17.8 Å². The summed E-state index contributed by atoms with van der Waals surface area (Å²) in [5, 5.41) is 3.66. The highest BCUT2D eigenvalue weighted by Gasteiger charge is 2.29. The third kappa shape index (κ3) is 4.33. The first-order valence-corrected chi connectivity index (χ1v) is 6.92. The maximum atomic E-state index is 5.68. The first-order valence-electron chi connectivity index (χ1n) is 6.92. The van der Waals surface area contributed by atoms with E-state index in [0.717, 1.165) is 26.1 Å². The molecule has 98 valence electrons. The molecule has 1 aliphatic rings. The van der Waals surface area contributed by atoms with Gasteiger partial charge in [0.05, 0.1) is 6.04 Å². The lowest BCUT2D eigenvalue weighted by molar-refractivity contribution is 0.172. The molecule has 1 fully saturated rings. The highest BCUT2D eigenvalue weighted by molar-refractivity contribution is 5.01. The van der Waals surface area contributed by atoms with E-state index < -0.39 is 0 Å². The molecular formula is C15H28N2. The summed E-state index contributed by atoms with van der Waals surface area (Å²) in [6.07, 6.45) is 9.17. The van der Waals surface area contributed by atoms with E-state index >= 15 is 0 Å². The normalized spacial score (nSPS) is 25.0. The Morgan fingerprint density at radius 2 is 2.18 bits per heavy atom. The fourth-order valence-electron chi connectivity index (χ4n) is 2.46. The smallest absolute Gasteiger partial charge is 0.0712 e. The van der Waals surface area contributed by atoms with Crippen molar-refractivity contribution in [3.63, 3.8) is 0 Å². The average molecular weight is 236 g/mol. The Morgan fingerprint density at radius 3 is 2.71 bits per heavy atom. The zero-order chi connectivity index (χ0) is 12.9. The zero-order valence-corrected chi connectivity index (χ0v) is 11.9. The van der Waals surface area contributed by atoms with Crippen molar-refractivity contribution < 1.29 is 0 Å². The van der Waals surface area contributed by atoms with Crippen molar-refractivity contribution in [3.05, 3.63) is 0 Å². The minimum atomic E-state index is 0.300. The van der Waals surface area contributed by atoms with Crippen LogP contribution in [-0.4, -0.2) is 36.6 Å². The molecule has 2 unspecified atom stereocenters. The van der Waals surface area contributed by atoms with E-state index in [4.69, 9.17) is 6.42 Å². The Bertz CT molecular complexity index is 259. The summed E-state index contributed by atoms with van der Waals surface area (Å²) < 4.78 is 0. The minimum Gasteiger partial charge on any atom is -0.312 e. The molecule has 1 saturated heterocycles. The quantitative estimate of drug-likeness (QED) is 0.757. The molecule has 0 aromatic rings. The van der Waals surface area contributed by atoms with Crippen LogP contribution in [0.15, 0.2) is 0 Å². The van der Waals surface area contributed by atoms with Gasteiger partial charge in [-0.15, -0.1) is 6.42 Å². The SMILES string of the molecule is C#CC(CCC)N1CCCNC(C(C)(C)C)C1. The third-order valence-corrected chi connectivity index (χ3v) is 3.67. The first kappa shape index (κ1) is 14.5. The summed E-state index contributed by atoms with van der Waals surface area (Å²) in [6.45, 7) is 12.5. The number of hydrogen-bond donors (Lipinski definition) is 1. The van der Waals surface area contributed by atoms with Gasteiger partial charge in [0, 0.05) is 19.1 Å². The highest BCUT2D eigenvalue weighted by atomic mass is 15.2. The topological polar surface area (TPSA) is 15.3 Å². The van der Waals surface area contributed by atoms with Crippen molar-refractivity contribution in [2.75, 3.05) is 19.6 Å². The number of nitrogens with one attached hydrogen (secondary N) is 1. The van der Waals surface area contributed by atoms with Gasteiger partial charge in [0.2, 0.25) is 0 Å². The molecule has 1 rings (SSSR count). The van der Waals surface area contributed by atoms with Gasteiger partial charge in [-0.05, 0) is 24.8 Å². The predicted molar refractivity (Wildman–Crippen MR) is 75.0 cm³/mol. The van der Waals surface area contributed by atoms with Gasteiger partial charge in [-0.25, -0.2) is 0 Å². The minimum absolute atomic E-state index is 0.300. The van der Waals surface area contributed by atoms with E-state index in [9.17, 15) is 0 Å². The van der Waals surface area contributed by atoms with Crippen molar-refractivity contribution in [2.45, 2.75) is 59.0 Å². The Labute approximate surface area is 107 Å². The molecule has 0 bridgehead atoms. The van der Waals surface area contributed by atoms with Gasteiger partial charge in [-0.2, -0.15) is 0 Å². The summed E-state index contributed by atoms with van der Waals surface area (Å²) in [5.41, 5.74) is 0.300. The largest absolute Gasteiger partial charge is 0.312 e. The monoisotopic (exact) mass is 236 g/mol. The van der Waals surface area contributed by atoms with Crippen LogP contribution in [0.4, 0.5) is 0 Å². The molecular weight excluding hydrogens is 208 g/mol. The number of hydrogen-bond acceptors (Lipinski definition) is 2. The second-order valence-corrected chi connectivity index (χ2v) is 6.19. The van der Waals surface area contributed by atoms with E-state index in [2.05, 4.69) is 43.8 Å². The van der Waals surface area contributed by atoms with Crippen LogP contribution < -0.4 is 5.32 Å². The van der Waals surface area contributed by atoms with Gasteiger partial charge in [0.15, 0.2) is 0 Å². The summed E-state index contributed by atoms with van der Waals surface area (Å²) in [6, 6.07) is 0.863. The molecule has 0 aromatic heterocycles. The fourth-order valence-corrected chi connectivity index (χ4v) is 2.46. The molecule has 0 aromatic carbocycles. The average Bonchev–Trinajstić information content (AvgIpc) is 2.50. The van der Waals surface area contributed by atoms with E-state index in [-0.39, 0.29) is 0 Å². The second-order valence-electron chi connectivity index (χ2n) is 6.19. The van der Waals surface area contributed by atoms with Gasteiger partial charge in [0.1, 0.15) is 0 Å². The Balaban J connectivity index is 2.69. The standard InChI is InChI=1S/C15H28N2/c1-6-9-13(7-2)17-11-8-10-16-14(12-17)15(3,4)5/h2,13-14,16H,6,8-12H2,1,3-5H3. The molecule has 1 N–H and O–H groups in total. The van der Waals surface area contributed by atoms with Crippen LogP contribution >= 0.6 is 0 Å². The molecule has 2 nitrogen and oxygen atoms in total. The molecule has 2 heteroatoms. The lowest BCUT2D eigenvalue weighted by Crippen LogP contribution is -2.48. The molecule has 0 amide bonds. The van der Waals surface area contributed by atoms with Gasteiger partial charge in [-0.3, -0.25) is 4.90 Å². The molecule has 0 aliphatic carbocycles. The Hall–Kier alpha value is -0.520. The number of nitrogens with zero attached hydrogens (tertiary/aromatic N) is 1. The lowest BCUT2D eigenvalue weighted by Gasteiger charge is -2.35. The lowest BCUT2D eigenvalue weighted by atomic mass is 9.86. The fraction of sp³-hybridized carbons (Fsp3) is 0.867. The van der Waals surface area contributed by atoms with Crippen LogP contribution in [0.25, 0.3) is 0 Å². The summed E-state index contributed by atoms with van der Waals surface area (Å²) in [4.78, 5) is 2.50. The highest BCUT2D eigenvalue weighted by Crippen LogP contribution is 2.23. The van der Waals surface area contributed by atoms with Crippen LogP contribution in [-0.2, 0) is 0 Å². The summed E-state index contributed by atoms with van der Waals surface area (Å²) in [7, 11) is 0. The predicted octanol–water partition coefficient (Wildman–Crippen LogP) is 2.50. The van der Waals surface area contributed by atoms with E-state index in [1.54, 1.807) is 0 Å². The number of terminal acetylenes is 1. The van der Waals surface area contributed by atoms with Crippen molar-refractivity contribution in [1.29, 1.82) is 0 Å². The van der Waals surface area contributed by atoms with Gasteiger partial charge in [0.25, 0.3) is 0 Å². The van der Waals surface area contributed by atoms with Crippen LogP contribution in [0.5, 0.6) is 0 Å². The van der Waals surface area contributed by atoms with Crippen LogP contribution in [0.2, 0.25) is 0 Å². The van der Waals surface area contributed by atoms with E-state index in [1.165, 1.54) is 12.8 Å². The Kier molecular flexibility index (Phi) is 5.49. The van der Waals surface area contributed by atoms with Crippen molar-refractivity contribution in [2.24, 2.45) is 5.41 Å². The first-order chi connectivity index (χ1) is 7.99. The third-order valence-electron chi connectivity index (χ3n) is 3.67. The molecule has 2 atom stereocenters. The number of rotatable bonds is 3. The van der Waals surface area contributed by atoms with Gasteiger partial charge in [-0.1, -0.05) is 40.0 Å². The van der Waals surface area contributed by atoms with Crippen molar-refractivity contribution in [1.82, 2.24) is 10.2 Å². The molecule has 1 heterocycles. The molecule has 17 heavy (non-hydrogen) atoms. The van der Waals surface area contributed by atoms with Crippen LogP contribution in [0.3, 0.4) is 0 Å². The van der Waals surface area contributed by atoms with Crippen molar-refractivity contribution in [3.8, 4) is 12.3 Å². The maximum Gasteiger partial charge on any atom is 0.0712 e. The van der Waals surface area contributed by atoms with E-state index in [0.29, 0.717) is 17.5 Å². The van der Waals surface area contributed by atoms with Crippen molar-refractivity contribution >= 4 is 0 Å². The molecule has 1 aliphatic heterocycles. The summed E-state index contributed by atoms with van der Waals surface area (Å²) >= 11 is 0.